The summed E-state index contributed by atoms with van der Waals surface area (Å²) in [6, 6.07) is 15.6. The lowest BCUT2D eigenvalue weighted by atomic mass is 10.1. The number of anilines is 1. The average Bonchev–Trinajstić information content (AvgIpc) is 2.92. The maximum atomic E-state index is 12.0. The van der Waals surface area contributed by atoms with Crippen molar-refractivity contribution in [2.24, 2.45) is 0 Å². The van der Waals surface area contributed by atoms with Gasteiger partial charge in [0.1, 0.15) is 6.54 Å². The van der Waals surface area contributed by atoms with Crippen molar-refractivity contribution in [1.29, 1.82) is 0 Å². The van der Waals surface area contributed by atoms with Crippen LogP contribution < -0.4 is 10.2 Å². The zero-order valence-corrected chi connectivity index (χ0v) is 14.7. The number of esters is 1. The van der Waals surface area contributed by atoms with E-state index in [2.05, 4.69) is 5.32 Å². The van der Waals surface area contributed by atoms with Gasteiger partial charge in [0, 0.05) is 0 Å². The lowest BCUT2D eigenvalue weighted by Gasteiger charge is -2.16. The third-order valence-corrected chi connectivity index (χ3v) is 4.21. The molecule has 1 heterocycles. The highest BCUT2D eigenvalue weighted by Crippen LogP contribution is 2.28. The number of hydrogen-bond acceptors (Lipinski definition) is 5. The number of nitrogens with one attached hydrogen (secondary N) is 1. The molecule has 7 nitrogen and oxygen atoms in total. The fraction of sp³-hybridized carbons (Fsp3) is 0.200. The van der Waals surface area contributed by atoms with Crippen LogP contribution in [0.5, 0.6) is 0 Å². The van der Waals surface area contributed by atoms with Gasteiger partial charge in [-0.05, 0) is 24.6 Å². The van der Waals surface area contributed by atoms with Crippen LogP contribution in [0, 0.1) is 0 Å². The van der Waals surface area contributed by atoms with E-state index in [4.69, 9.17) is 4.74 Å². The van der Waals surface area contributed by atoms with Crippen LogP contribution in [0.3, 0.4) is 0 Å². The Labute approximate surface area is 155 Å². The molecular weight excluding hydrogens is 348 g/mol. The summed E-state index contributed by atoms with van der Waals surface area (Å²) in [6.45, 7) is 0.928. The molecule has 1 atom stereocenters. The summed E-state index contributed by atoms with van der Waals surface area (Å²) in [5.41, 5.74) is 1.55. The van der Waals surface area contributed by atoms with E-state index in [0.29, 0.717) is 5.69 Å². The van der Waals surface area contributed by atoms with Crippen LogP contribution in [-0.4, -0.2) is 36.7 Å². The molecule has 0 spiro atoms. The van der Waals surface area contributed by atoms with Crippen molar-refractivity contribution in [2.45, 2.75) is 13.0 Å². The Balaban J connectivity index is 1.52. The molecular formula is C20H18N2O5. The Hall–Kier alpha value is -3.48. The average molecular weight is 366 g/mol. The van der Waals surface area contributed by atoms with Crippen molar-refractivity contribution >= 4 is 29.3 Å². The summed E-state index contributed by atoms with van der Waals surface area (Å²) in [7, 11) is 0. The molecule has 0 saturated heterocycles. The number of carbonyl (C=O) groups excluding carboxylic acids is 4. The lowest BCUT2D eigenvalue weighted by Crippen LogP contribution is -2.37. The highest BCUT2D eigenvalue weighted by atomic mass is 16.5. The normalized spacial score (nSPS) is 13.9. The van der Waals surface area contributed by atoms with Crippen LogP contribution in [0.1, 0.15) is 28.9 Å². The summed E-state index contributed by atoms with van der Waals surface area (Å²) in [6.07, 6.45) is 0. The van der Waals surface area contributed by atoms with Crippen molar-refractivity contribution in [3.8, 4) is 0 Å². The van der Waals surface area contributed by atoms with Crippen molar-refractivity contribution in [2.75, 3.05) is 18.1 Å². The predicted molar refractivity (Wildman–Crippen MR) is 97.1 cm³/mol. The van der Waals surface area contributed by atoms with Gasteiger partial charge in [-0.2, -0.15) is 0 Å². The monoisotopic (exact) mass is 366 g/mol. The van der Waals surface area contributed by atoms with Crippen molar-refractivity contribution in [1.82, 2.24) is 5.32 Å². The molecule has 0 aliphatic carbocycles. The van der Waals surface area contributed by atoms with Gasteiger partial charge in [-0.15, -0.1) is 0 Å². The van der Waals surface area contributed by atoms with Crippen molar-refractivity contribution < 1.29 is 23.9 Å². The number of para-hydroxylation sites is 1. The summed E-state index contributed by atoms with van der Waals surface area (Å²) >= 11 is 0. The molecule has 7 heteroatoms. The molecule has 138 valence electrons. The van der Waals surface area contributed by atoms with E-state index >= 15 is 0 Å². The second-order valence-corrected chi connectivity index (χ2v) is 6.10. The molecule has 0 aromatic heterocycles. The molecule has 0 fully saturated rings. The van der Waals surface area contributed by atoms with Gasteiger partial charge in [0.15, 0.2) is 6.61 Å². The molecule has 1 N–H and O–H groups in total. The van der Waals surface area contributed by atoms with E-state index in [9.17, 15) is 19.2 Å². The molecule has 3 rings (SSSR count). The first-order valence-corrected chi connectivity index (χ1v) is 8.42. The first-order valence-electron chi connectivity index (χ1n) is 8.42. The molecule has 0 unspecified atom stereocenters. The van der Waals surface area contributed by atoms with Gasteiger partial charge in [-0.3, -0.25) is 24.1 Å². The van der Waals surface area contributed by atoms with Gasteiger partial charge in [0.2, 0.25) is 0 Å². The molecule has 2 aromatic carbocycles. The number of carbonyl (C=O) groups is 4. The number of fused-ring (bicyclic) bond motifs is 1. The minimum Gasteiger partial charge on any atom is -0.454 e. The Kier molecular flexibility index (Phi) is 5.30. The smallest absolute Gasteiger partial charge is 0.326 e. The summed E-state index contributed by atoms with van der Waals surface area (Å²) in [5, 5.41) is 2.73. The summed E-state index contributed by atoms with van der Waals surface area (Å²) < 4.78 is 4.94. The van der Waals surface area contributed by atoms with Gasteiger partial charge < -0.3 is 10.1 Å². The van der Waals surface area contributed by atoms with E-state index < -0.39 is 36.7 Å². The van der Waals surface area contributed by atoms with Gasteiger partial charge in [-0.25, -0.2) is 0 Å². The molecule has 2 amide bonds. The van der Waals surface area contributed by atoms with E-state index in [1.54, 1.807) is 18.2 Å². The molecule has 0 radical (unpaired) electrons. The third-order valence-electron chi connectivity index (χ3n) is 4.21. The van der Waals surface area contributed by atoms with E-state index in [-0.39, 0.29) is 11.6 Å². The van der Waals surface area contributed by atoms with E-state index in [1.165, 1.54) is 6.07 Å². The highest BCUT2D eigenvalue weighted by molar-refractivity contribution is 6.52. The van der Waals surface area contributed by atoms with Gasteiger partial charge in [-0.1, -0.05) is 42.5 Å². The molecule has 0 saturated carbocycles. The molecule has 1 aliphatic rings. The SMILES string of the molecule is C[C@H](NC(=O)COC(=O)CN1C(=O)C(=O)c2ccccc21)c1ccccc1. The Morgan fingerprint density at radius 2 is 1.70 bits per heavy atom. The lowest BCUT2D eigenvalue weighted by molar-refractivity contribution is -0.147. The maximum absolute atomic E-state index is 12.0. The number of amides is 2. The third kappa shape index (κ3) is 4.03. The standard InChI is InChI=1S/C20H18N2O5/c1-13(14-7-3-2-4-8-14)21-17(23)12-27-18(24)11-22-16-10-6-5-9-15(16)19(25)20(22)26/h2-10,13H,11-12H2,1H3,(H,21,23)/t13-/m0/s1. The van der Waals surface area contributed by atoms with Crippen LogP contribution in [0.4, 0.5) is 5.69 Å². The minimum atomic E-state index is -0.782. The molecule has 2 aromatic rings. The zero-order valence-electron chi connectivity index (χ0n) is 14.7. The summed E-state index contributed by atoms with van der Waals surface area (Å²) in [4.78, 5) is 49.0. The minimum absolute atomic E-state index is 0.234. The van der Waals surface area contributed by atoms with Crippen LogP contribution in [0.2, 0.25) is 0 Å². The Morgan fingerprint density at radius 1 is 1.04 bits per heavy atom. The zero-order chi connectivity index (χ0) is 19.4. The first-order chi connectivity index (χ1) is 13.0. The van der Waals surface area contributed by atoms with Gasteiger partial charge >= 0.3 is 5.97 Å². The number of Topliss-reactive ketones (excluding diaryl/α,β-unsaturated/α-hetero) is 1. The number of benzene rings is 2. The molecule has 27 heavy (non-hydrogen) atoms. The van der Waals surface area contributed by atoms with E-state index in [0.717, 1.165) is 10.5 Å². The quantitative estimate of drug-likeness (QED) is 0.620. The van der Waals surface area contributed by atoms with Crippen molar-refractivity contribution in [3.63, 3.8) is 0 Å². The highest BCUT2D eigenvalue weighted by Gasteiger charge is 2.36. The number of hydrogen-bond donors (Lipinski definition) is 1. The second-order valence-electron chi connectivity index (χ2n) is 6.10. The number of nitrogens with zero attached hydrogens (tertiary/aromatic N) is 1. The van der Waals surface area contributed by atoms with Crippen LogP contribution in [0.25, 0.3) is 0 Å². The maximum Gasteiger partial charge on any atom is 0.326 e. The number of rotatable bonds is 6. The summed E-state index contributed by atoms with van der Waals surface area (Å²) in [5.74, 6) is -2.66. The first kappa shape index (κ1) is 18.3. The fourth-order valence-electron chi connectivity index (χ4n) is 2.83. The fourth-order valence-corrected chi connectivity index (χ4v) is 2.83. The predicted octanol–water partition coefficient (Wildman–Crippen LogP) is 1.64. The van der Waals surface area contributed by atoms with Gasteiger partial charge in [0.25, 0.3) is 17.6 Å². The van der Waals surface area contributed by atoms with Gasteiger partial charge in [0.05, 0.1) is 17.3 Å². The van der Waals surface area contributed by atoms with Crippen LogP contribution in [0.15, 0.2) is 54.6 Å². The second kappa shape index (κ2) is 7.82. The number of ketones is 1. The number of ether oxygens (including phenoxy) is 1. The van der Waals surface area contributed by atoms with E-state index in [1.807, 2.05) is 37.3 Å². The van der Waals surface area contributed by atoms with Crippen LogP contribution >= 0.6 is 0 Å². The largest absolute Gasteiger partial charge is 0.454 e. The Morgan fingerprint density at radius 3 is 2.44 bits per heavy atom. The molecule has 0 bridgehead atoms. The Bertz CT molecular complexity index is 894. The van der Waals surface area contributed by atoms with Crippen LogP contribution in [-0.2, 0) is 19.1 Å². The topological polar surface area (TPSA) is 92.8 Å². The molecule has 1 aliphatic heterocycles. The van der Waals surface area contributed by atoms with Crippen molar-refractivity contribution in [3.05, 3.63) is 65.7 Å².